The molecule has 2 aromatic carbocycles. The highest BCUT2D eigenvalue weighted by Crippen LogP contribution is 2.35. The van der Waals surface area contributed by atoms with Gasteiger partial charge in [0.15, 0.2) is 5.78 Å². The Kier molecular flexibility index (Phi) is 3.79. The lowest BCUT2D eigenvalue weighted by Crippen LogP contribution is -2.17. The molecule has 2 rings (SSSR count). The molecule has 20 heavy (non-hydrogen) atoms. The highest BCUT2D eigenvalue weighted by Gasteiger charge is 2.32. The van der Waals surface area contributed by atoms with Gasteiger partial charge >= 0.3 is 6.36 Å². The van der Waals surface area contributed by atoms with Crippen LogP contribution >= 0.6 is 0 Å². The predicted octanol–water partition coefficient (Wildman–Crippen LogP) is 4.45. The van der Waals surface area contributed by atoms with Crippen LogP contribution in [0.2, 0.25) is 0 Å². The van der Waals surface area contributed by atoms with E-state index in [1.807, 2.05) is 0 Å². The molecule has 2 nitrogen and oxygen atoms in total. The molecule has 0 aliphatic rings. The molecule has 0 aliphatic heterocycles. The number of halogens is 3. The van der Waals surface area contributed by atoms with Gasteiger partial charge < -0.3 is 4.74 Å². The van der Waals surface area contributed by atoms with Gasteiger partial charge in [-0.05, 0) is 18.6 Å². The van der Waals surface area contributed by atoms with Gasteiger partial charge in [-0.2, -0.15) is 0 Å². The third kappa shape index (κ3) is 3.17. The average molecular weight is 280 g/mol. The van der Waals surface area contributed by atoms with E-state index in [-0.39, 0.29) is 17.1 Å². The summed E-state index contributed by atoms with van der Waals surface area (Å²) in [6.45, 7) is 1.37. The van der Waals surface area contributed by atoms with Crippen molar-refractivity contribution in [2.45, 2.75) is 13.3 Å². The van der Waals surface area contributed by atoms with E-state index in [0.717, 1.165) is 0 Å². The number of carbonyl (C=O) groups is 1. The van der Waals surface area contributed by atoms with Gasteiger partial charge in [-0.3, -0.25) is 4.79 Å². The van der Waals surface area contributed by atoms with E-state index in [4.69, 9.17) is 0 Å². The van der Waals surface area contributed by atoms with Gasteiger partial charge in [-0.1, -0.05) is 42.5 Å². The van der Waals surface area contributed by atoms with Crippen molar-refractivity contribution in [3.8, 4) is 16.9 Å². The molecule has 0 atom stereocenters. The lowest BCUT2D eigenvalue weighted by Gasteiger charge is -2.14. The quantitative estimate of drug-likeness (QED) is 0.776. The molecule has 104 valence electrons. The maximum Gasteiger partial charge on any atom is 0.573 e. The van der Waals surface area contributed by atoms with Gasteiger partial charge in [0.25, 0.3) is 0 Å². The van der Waals surface area contributed by atoms with E-state index in [1.165, 1.54) is 25.1 Å². The smallest absolute Gasteiger partial charge is 0.405 e. The Morgan fingerprint density at radius 2 is 1.50 bits per heavy atom. The molecule has 5 heteroatoms. The van der Waals surface area contributed by atoms with Crippen molar-refractivity contribution < 1.29 is 22.7 Å². The molecule has 0 heterocycles. The Labute approximate surface area is 113 Å². The van der Waals surface area contributed by atoms with Crippen molar-refractivity contribution in [3.63, 3.8) is 0 Å². The van der Waals surface area contributed by atoms with Crippen LogP contribution in [-0.2, 0) is 0 Å². The third-order valence-electron chi connectivity index (χ3n) is 2.71. The third-order valence-corrected chi connectivity index (χ3v) is 2.71. The lowest BCUT2D eigenvalue weighted by atomic mass is 9.97. The normalized spacial score (nSPS) is 11.2. The summed E-state index contributed by atoms with van der Waals surface area (Å²) >= 11 is 0. The van der Waals surface area contributed by atoms with E-state index in [2.05, 4.69) is 4.74 Å². The number of ether oxygens (including phenoxy) is 1. The predicted molar refractivity (Wildman–Crippen MR) is 68.6 cm³/mol. The lowest BCUT2D eigenvalue weighted by molar-refractivity contribution is -0.274. The maximum atomic E-state index is 12.4. The van der Waals surface area contributed by atoms with Crippen LogP contribution in [0, 0.1) is 0 Å². The van der Waals surface area contributed by atoms with Crippen molar-refractivity contribution in [2.75, 3.05) is 0 Å². The second-order valence-corrected chi connectivity index (χ2v) is 4.15. The van der Waals surface area contributed by atoms with Crippen LogP contribution in [0.3, 0.4) is 0 Å². The highest BCUT2D eigenvalue weighted by molar-refractivity contribution is 6.01. The number of hydrogen-bond donors (Lipinski definition) is 0. The summed E-state index contributed by atoms with van der Waals surface area (Å²) in [6, 6.07) is 12.2. The van der Waals surface area contributed by atoms with Crippen molar-refractivity contribution in [2.24, 2.45) is 0 Å². The van der Waals surface area contributed by atoms with Crippen molar-refractivity contribution in [1.29, 1.82) is 0 Å². The van der Waals surface area contributed by atoms with Gasteiger partial charge in [0.1, 0.15) is 5.75 Å². The number of Topliss-reactive ketones (excluding diaryl/α,β-unsaturated/α-hetero) is 1. The summed E-state index contributed by atoms with van der Waals surface area (Å²) < 4.78 is 41.2. The van der Waals surface area contributed by atoms with E-state index in [9.17, 15) is 18.0 Å². The maximum absolute atomic E-state index is 12.4. The van der Waals surface area contributed by atoms with Gasteiger partial charge in [0.2, 0.25) is 0 Å². The zero-order chi connectivity index (χ0) is 14.8. The molecule has 0 spiro atoms. The van der Waals surface area contributed by atoms with Gasteiger partial charge in [0, 0.05) is 11.1 Å². The second-order valence-electron chi connectivity index (χ2n) is 4.15. The van der Waals surface area contributed by atoms with Crippen molar-refractivity contribution in [1.82, 2.24) is 0 Å². The van der Waals surface area contributed by atoms with Gasteiger partial charge in [-0.15, -0.1) is 13.2 Å². The van der Waals surface area contributed by atoms with Crippen molar-refractivity contribution >= 4 is 5.78 Å². The van der Waals surface area contributed by atoms with Crippen LogP contribution in [0.15, 0.2) is 48.5 Å². The minimum absolute atomic E-state index is 0.220. The summed E-state index contributed by atoms with van der Waals surface area (Å²) in [5.41, 5.74) is 1.00. The number of benzene rings is 2. The molecule has 0 unspecified atom stereocenters. The number of ketones is 1. The summed E-state index contributed by atoms with van der Waals surface area (Å²) in [5.74, 6) is -0.545. The Morgan fingerprint density at radius 3 is 2.10 bits per heavy atom. The van der Waals surface area contributed by atoms with E-state index < -0.39 is 6.36 Å². The molecule has 0 aliphatic carbocycles. The van der Waals surface area contributed by atoms with Crippen LogP contribution < -0.4 is 4.74 Å². The van der Waals surface area contributed by atoms with Crippen LogP contribution in [0.1, 0.15) is 17.3 Å². The fraction of sp³-hybridized carbons (Fsp3) is 0.133. The fourth-order valence-electron chi connectivity index (χ4n) is 1.93. The monoisotopic (exact) mass is 280 g/mol. The van der Waals surface area contributed by atoms with E-state index in [1.54, 1.807) is 30.3 Å². The number of hydrogen-bond acceptors (Lipinski definition) is 2. The first kappa shape index (κ1) is 14.1. The van der Waals surface area contributed by atoms with E-state index in [0.29, 0.717) is 11.1 Å². The second kappa shape index (κ2) is 5.36. The van der Waals surface area contributed by atoms with Crippen LogP contribution in [0.4, 0.5) is 13.2 Å². The van der Waals surface area contributed by atoms with Crippen LogP contribution in [0.25, 0.3) is 11.1 Å². The first-order valence-electron chi connectivity index (χ1n) is 5.83. The Morgan fingerprint density at radius 1 is 0.950 bits per heavy atom. The minimum atomic E-state index is -4.78. The molecule has 0 fully saturated rings. The topological polar surface area (TPSA) is 26.3 Å². The molecule has 0 N–H and O–H groups in total. The number of rotatable bonds is 3. The first-order valence-corrected chi connectivity index (χ1v) is 5.83. The largest absolute Gasteiger partial charge is 0.573 e. The minimum Gasteiger partial charge on any atom is -0.405 e. The Hall–Kier alpha value is -2.30. The molecule has 0 saturated carbocycles. The molecule has 0 saturated heterocycles. The summed E-state index contributed by atoms with van der Waals surface area (Å²) in [7, 11) is 0. The average Bonchev–Trinajstić information content (AvgIpc) is 2.37. The van der Waals surface area contributed by atoms with Gasteiger partial charge in [0.05, 0.1) is 0 Å². The number of carbonyl (C=O) groups excluding carboxylic acids is 1. The molecule has 2 aromatic rings. The number of para-hydroxylation sites is 1. The molecule has 0 radical (unpaired) electrons. The molecule has 0 amide bonds. The van der Waals surface area contributed by atoms with Crippen LogP contribution in [-0.4, -0.2) is 12.1 Å². The van der Waals surface area contributed by atoms with E-state index >= 15 is 0 Å². The molecular weight excluding hydrogens is 269 g/mol. The first-order chi connectivity index (χ1) is 9.38. The molecular formula is C15H11F3O2. The standard InChI is InChI=1S/C15H11F3O2/c1-10(19)11-6-2-3-7-12(11)13-8-4-5-9-14(13)20-15(16,17)18/h2-9H,1H3. The Balaban J connectivity index is 2.56. The van der Waals surface area contributed by atoms with Crippen molar-refractivity contribution in [3.05, 3.63) is 54.1 Å². The number of alkyl halides is 3. The fourth-order valence-corrected chi connectivity index (χ4v) is 1.93. The van der Waals surface area contributed by atoms with Gasteiger partial charge in [-0.25, -0.2) is 0 Å². The Bertz CT molecular complexity index is 633. The molecule has 0 bridgehead atoms. The zero-order valence-corrected chi connectivity index (χ0v) is 10.6. The van der Waals surface area contributed by atoms with Crippen LogP contribution in [0.5, 0.6) is 5.75 Å². The molecule has 0 aromatic heterocycles. The SMILES string of the molecule is CC(=O)c1ccccc1-c1ccccc1OC(F)(F)F. The zero-order valence-electron chi connectivity index (χ0n) is 10.6. The summed E-state index contributed by atoms with van der Waals surface area (Å²) in [5, 5.41) is 0. The summed E-state index contributed by atoms with van der Waals surface area (Å²) in [4.78, 5) is 11.6. The summed E-state index contributed by atoms with van der Waals surface area (Å²) in [6.07, 6.45) is -4.78. The highest BCUT2D eigenvalue weighted by atomic mass is 19.4.